The third kappa shape index (κ3) is 6.99. The Morgan fingerprint density at radius 3 is 1.50 bits per heavy atom. The van der Waals surface area contributed by atoms with Crippen LogP contribution in [0.15, 0.2) is 0 Å². The van der Waals surface area contributed by atoms with E-state index in [9.17, 15) is 0 Å². The zero-order valence-corrected chi connectivity index (χ0v) is 8.34. The molecular weight excluding hydrogens is 175 g/mol. The number of hydrogen-bond acceptors (Lipinski definition) is 3. The van der Waals surface area contributed by atoms with E-state index >= 15 is 0 Å². The molecule has 0 radical (unpaired) electrons. The van der Waals surface area contributed by atoms with Gasteiger partial charge in [0.15, 0.2) is 0 Å². The highest BCUT2D eigenvalue weighted by Gasteiger charge is 2.05. The zero-order valence-electron chi connectivity index (χ0n) is 7.45. The summed E-state index contributed by atoms with van der Waals surface area (Å²) in [5, 5.41) is 25.9. The largest absolute Gasteiger partial charge is 0.396 e. The van der Waals surface area contributed by atoms with Crippen molar-refractivity contribution in [2.75, 3.05) is 38.3 Å². The fourth-order valence-corrected chi connectivity index (χ4v) is 3.20. The van der Waals surface area contributed by atoms with Gasteiger partial charge in [0, 0.05) is 19.8 Å². The van der Waals surface area contributed by atoms with Crippen LogP contribution in [0.5, 0.6) is 0 Å². The first-order valence-corrected chi connectivity index (χ1v) is 6.29. The van der Waals surface area contributed by atoms with Gasteiger partial charge >= 0.3 is 0 Å². The molecule has 4 heteroatoms. The molecule has 0 aromatic carbocycles. The van der Waals surface area contributed by atoms with Gasteiger partial charge in [-0.3, -0.25) is 0 Å². The number of aliphatic hydroxyl groups is 3. The Balaban J connectivity index is 3.40. The quantitative estimate of drug-likeness (QED) is 0.484. The topological polar surface area (TPSA) is 60.7 Å². The van der Waals surface area contributed by atoms with Crippen molar-refractivity contribution >= 4 is 7.92 Å². The monoisotopic (exact) mass is 194 g/mol. The van der Waals surface area contributed by atoms with Gasteiger partial charge in [0.25, 0.3) is 0 Å². The van der Waals surface area contributed by atoms with Gasteiger partial charge in [0.2, 0.25) is 0 Å². The summed E-state index contributed by atoms with van der Waals surface area (Å²) in [6, 6.07) is 0. The van der Waals surface area contributed by atoms with E-state index in [1.54, 1.807) is 0 Å². The molecule has 0 aromatic rings. The maximum absolute atomic E-state index is 8.73. The first-order chi connectivity index (χ1) is 5.85. The highest BCUT2D eigenvalue weighted by molar-refractivity contribution is 7.57. The Hall–Kier alpha value is 0.310. The molecule has 0 amide bonds. The molecule has 0 unspecified atom stereocenters. The van der Waals surface area contributed by atoms with E-state index < -0.39 is 0 Å². The van der Waals surface area contributed by atoms with E-state index in [2.05, 4.69) is 0 Å². The van der Waals surface area contributed by atoms with Crippen molar-refractivity contribution in [3.05, 3.63) is 0 Å². The SMILES string of the molecule is OCCCP(CCO)CCCO. The van der Waals surface area contributed by atoms with Crippen molar-refractivity contribution in [3.63, 3.8) is 0 Å². The second-order valence-electron chi connectivity index (χ2n) is 2.72. The number of aliphatic hydroxyl groups excluding tert-OH is 3. The van der Waals surface area contributed by atoms with E-state index in [-0.39, 0.29) is 27.7 Å². The highest BCUT2D eigenvalue weighted by atomic mass is 31.1. The fourth-order valence-electron chi connectivity index (χ4n) is 1.07. The van der Waals surface area contributed by atoms with Gasteiger partial charge in [-0.15, -0.1) is 7.92 Å². The van der Waals surface area contributed by atoms with E-state index in [1.165, 1.54) is 0 Å². The van der Waals surface area contributed by atoms with Gasteiger partial charge in [0.05, 0.1) is 0 Å². The molecule has 0 heterocycles. The molecule has 0 bridgehead atoms. The first kappa shape index (κ1) is 12.3. The average molecular weight is 194 g/mol. The van der Waals surface area contributed by atoms with Gasteiger partial charge in [-0.05, 0) is 31.3 Å². The van der Waals surface area contributed by atoms with Crippen LogP contribution in [0.4, 0.5) is 0 Å². The molecule has 0 aliphatic carbocycles. The lowest BCUT2D eigenvalue weighted by atomic mass is 10.5. The smallest absolute Gasteiger partial charge is 0.0470 e. The van der Waals surface area contributed by atoms with Gasteiger partial charge in [-0.25, -0.2) is 0 Å². The molecule has 3 N–H and O–H groups in total. The molecule has 0 aromatic heterocycles. The van der Waals surface area contributed by atoms with Crippen LogP contribution in [0, 0.1) is 0 Å². The molecule has 0 fully saturated rings. The molecule has 0 saturated carbocycles. The van der Waals surface area contributed by atoms with E-state index in [4.69, 9.17) is 15.3 Å². The molecule has 0 aliphatic heterocycles. The normalized spacial score (nSPS) is 11.0. The summed E-state index contributed by atoms with van der Waals surface area (Å²) < 4.78 is 0. The molecule has 3 nitrogen and oxygen atoms in total. The Labute approximate surface area is 75.2 Å². The Morgan fingerprint density at radius 1 is 0.667 bits per heavy atom. The third-order valence-corrected chi connectivity index (χ3v) is 4.41. The first-order valence-electron chi connectivity index (χ1n) is 4.40. The molecule has 0 rings (SSSR count). The summed E-state index contributed by atoms with van der Waals surface area (Å²) >= 11 is 0. The lowest BCUT2D eigenvalue weighted by Gasteiger charge is -2.14. The number of rotatable bonds is 8. The van der Waals surface area contributed by atoms with Crippen LogP contribution in [0.25, 0.3) is 0 Å². The summed E-state index contributed by atoms with van der Waals surface area (Å²) in [7, 11) is -0.143. The predicted octanol–water partition coefficient (Wildman–Crippen LogP) is 0.225. The summed E-state index contributed by atoms with van der Waals surface area (Å²) in [6.07, 6.45) is 4.56. The predicted molar refractivity (Wildman–Crippen MR) is 52.0 cm³/mol. The molecule has 0 spiro atoms. The molecule has 0 saturated heterocycles. The standard InChI is InChI=1S/C8H19O3P/c9-3-1-6-12(8-5-11)7-2-4-10/h9-11H,1-8H2. The minimum absolute atomic E-state index is 0.143. The average Bonchev–Trinajstić information content (AvgIpc) is 2.10. The zero-order chi connectivity index (χ0) is 9.23. The van der Waals surface area contributed by atoms with Crippen molar-refractivity contribution < 1.29 is 15.3 Å². The lowest BCUT2D eigenvalue weighted by Crippen LogP contribution is -2.01. The number of hydrogen-bond donors (Lipinski definition) is 3. The Bertz CT molecular complexity index is 82.4. The molecule has 74 valence electrons. The van der Waals surface area contributed by atoms with Crippen LogP contribution in [0.3, 0.4) is 0 Å². The molecule has 0 atom stereocenters. The van der Waals surface area contributed by atoms with Gasteiger partial charge in [0.1, 0.15) is 0 Å². The van der Waals surface area contributed by atoms with E-state index in [0.717, 1.165) is 31.3 Å². The van der Waals surface area contributed by atoms with Crippen LogP contribution in [0.1, 0.15) is 12.8 Å². The minimum Gasteiger partial charge on any atom is -0.396 e. The summed E-state index contributed by atoms with van der Waals surface area (Å²) in [5.74, 6) is 0. The van der Waals surface area contributed by atoms with Crippen molar-refractivity contribution in [1.82, 2.24) is 0 Å². The second-order valence-corrected chi connectivity index (χ2v) is 5.40. The van der Waals surface area contributed by atoms with Crippen LogP contribution in [-0.4, -0.2) is 53.6 Å². The van der Waals surface area contributed by atoms with Crippen molar-refractivity contribution in [3.8, 4) is 0 Å². The maximum Gasteiger partial charge on any atom is 0.0470 e. The Kier molecular flexibility index (Phi) is 9.64. The van der Waals surface area contributed by atoms with Gasteiger partial charge in [-0.2, -0.15) is 0 Å². The van der Waals surface area contributed by atoms with Crippen LogP contribution in [-0.2, 0) is 0 Å². The lowest BCUT2D eigenvalue weighted by molar-refractivity contribution is 0.293. The summed E-state index contributed by atoms with van der Waals surface area (Å²) in [6.45, 7) is 0.718. The Morgan fingerprint density at radius 2 is 1.17 bits per heavy atom. The van der Waals surface area contributed by atoms with E-state index in [1.807, 2.05) is 0 Å². The second kappa shape index (κ2) is 9.40. The molecular formula is C8H19O3P. The van der Waals surface area contributed by atoms with Crippen molar-refractivity contribution in [1.29, 1.82) is 0 Å². The molecule has 12 heavy (non-hydrogen) atoms. The van der Waals surface area contributed by atoms with Crippen molar-refractivity contribution in [2.24, 2.45) is 0 Å². The van der Waals surface area contributed by atoms with Crippen LogP contribution in [0.2, 0.25) is 0 Å². The molecule has 0 aliphatic rings. The highest BCUT2D eigenvalue weighted by Crippen LogP contribution is 2.35. The van der Waals surface area contributed by atoms with Crippen LogP contribution < -0.4 is 0 Å². The third-order valence-electron chi connectivity index (χ3n) is 1.68. The fraction of sp³-hybridized carbons (Fsp3) is 1.00. The van der Waals surface area contributed by atoms with Crippen molar-refractivity contribution in [2.45, 2.75) is 12.8 Å². The van der Waals surface area contributed by atoms with Gasteiger partial charge in [-0.1, -0.05) is 0 Å². The summed E-state index contributed by atoms with van der Waals surface area (Å²) in [5.41, 5.74) is 0. The minimum atomic E-state index is -0.143. The van der Waals surface area contributed by atoms with Crippen LogP contribution >= 0.6 is 7.92 Å². The van der Waals surface area contributed by atoms with E-state index in [0.29, 0.717) is 0 Å². The summed E-state index contributed by atoms with van der Waals surface area (Å²) in [4.78, 5) is 0. The van der Waals surface area contributed by atoms with Gasteiger partial charge < -0.3 is 15.3 Å². The maximum atomic E-state index is 8.73.